The van der Waals surface area contributed by atoms with Gasteiger partial charge in [-0.2, -0.15) is 0 Å². The normalized spacial score (nSPS) is 21.5. The third-order valence-corrected chi connectivity index (χ3v) is 5.24. The van der Waals surface area contributed by atoms with Crippen molar-refractivity contribution < 1.29 is 9.53 Å². The second kappa shape index (κ2) is 6.40. The van der Waals surface area contributed by atoms with Crippen molar-refractivity contribution in [2.75, 3.05) is 33.3 Å². The summed E-state index contributed by atoms with van der Waals surface area (Å²) >= 11 is 0. The van der Waals surface area contributed by atoms with Gasteiger partial charge in [0.25, 0.3) is 5.91 Å². The average Bonchev–Trinajstić information content (AvgIpc) is 2.66. The fourth-order valence-corrected chi connectivity index (χ4v) is 3.93. The quantitative estimate of drug-likeness (QED) is 0.851. The molecule has 4 rings (SSSR count). The molecule has 3 heterocycles. The molecule has 0 bridgehead atoms. The number of benzene rings is 1. The lowest BCUT2D eigenvalue weighted by Crippen LogP contribution is -2.56. The molecule has 2 aromatic rings. The van der Waals surface area contributed by atoms with Crippen molar-refractivity contribution >= 4 is 16.7 Å². The van der Waals surface area contributed by atoms with Gasteiger partial charge in [0.2, 0.25) is 5.88 Å². The summed E-state index contributed by atoms with van der Waals surface area (Å²) in [6.07, 6.45) is 3.75. The topological polar surface area (TPSA) is 45.7 Å². The number of pyridine rings is 1. The number of piperidine rings is 1. The van der Waals surface area contributed by atoms with E-state index in [1.54, 1.807) is 7.11 Å². The van der Waals surface area contributed by atoms with Crippen molar-refractivity contribution in [3.8, 4) is 5.88 Å². The minimum absolute atomic E-state index is 0.0178. The molecule has 1 aromatic carbocycles. The van der Waals surface area contributed by atoms with Gasteiger partial charge in [0.1, 0.15) is 5.69 Å². The molecule has 0 radical (unpaired) electrons. The number of methoxy groups -OCH3 is 1. The van der Waals surface area contributed by atoms with Gasteiger partial charge in [-0.15, -0.1) is 0 Å². The van der Waals surface area contributed by atoms with E-state index < -0.39 is 0 Å². The monoisotopic (exact) mass is 325 g/mol. The molecule has 0 unspecified atom stereocenters. The van der Waals surface area contributed by atoms with Crippen molar-refractivity contribution in [3.63, 3.8) is 0 Å². The number of ether oxygens (including phenoxy) is 1. The Hall–Kier alpha value is -2.14. The van der Waals surface area contributed by atoms with Gasteiger partial charge in [-0.1, -0.05) is 24.6 Å². The average molecular weight is 325 g/mol. The van der Waals surface area contributed by atoms with Crippen LogP contribution in [0.5, 0.6) is 5.88 Å². The molecule has 24 heavy (non-hydrogen) atoms. The Morgan fingerprint density at radius 2 is 2.08 bits per heavy atom. The number of piperazine rings is 1. The Balaban J connectivity index is 1.61. The number of carbonyl (C=O) groups excluding carboxylic acids is 1. The zero-order valence-electron chi connectivity index (χ0n) is 14.1. The van der Waals surface area contributed by atoms with Crippen LogP contribution in [0.2, 0.25) is 0 Å². The summed E-state index contributed by atoms with van der Waals surface area (Å²) in [6, 6.07) is 10.3. The first-order chi connectivity index (χ1) is 11.8. The largest absolute Gasteiger partial charge is 0.481 e. The SMILES string of the molecule is COc1nc(C(=O)N2CCN3CCCC[C@@H]3C2)cc2ccccc12. The highest BCUT2D eigenvalue weighted by atomic mass is 16.5. The Bertz CT molecular complexity index is 761. The van der Waals surface area contributed by atoms with E-state index in [0.717, 1.165) is 30.4 Å². The maximum atomic E-state index is 13.0. The van der Waals surface area contributed by atoms with E-state index in [4.69, 9.17) is 4.74 Å². The van der Waals surface area contributed by atoms with Gasteiger partial charge >= 0.3 is 0 Å². The van der Waals surface area contributed by atoms with Crippen molar-refractivity contribution in [2.24, 2.45) is 0 Å². The maximum absolute atomic E-state index is 13.0. The molecule has 0 spiro atoms. The van der Waals surface area contributed by atoms with E-state index in [1.165, 1.54) is 25.8 Å². The molecule has 1 aromatic heterocycles. The summed E-state index contributed by atoms with van der Waals surface area (Å²) in [5.41, 5.74) is 0.481. The molecule has 1 amide bonds. The fraction of sp³-hybridized carbons (Fsp3) is 0.474. The first kappa shape index (κ1) is 15.4. The summed E-state index contributed by atoms with van der Waals surface area (Å²) < 4.78 is 5.40. The Morgan fingerprint density at radius 1 is 1.21 bits per heavy atom. The van der Waals surface area contributed by atoms with Crippen LogP contribution in [0.1, 0.15) is 29.8 Å². The van der Waals surface area contributed by atoms with E-state index >= 15 is 0 Å². The minimum atomic E-state index is 0.0178. The van der Waals surface area contributed by atoms with Crippen LogP contribution in [0.3, 0.4) is 0 Å². The first-order valence-corrected chi connectivity index (χ1v) is 8.73. The van der Waals surface area contributed by atoms with Crippen molar-refractivity contribution in [3.05, 3.63) is 36.0 Å². The lowest BCUT2D eigenvalue weighted by Gasteiger charge is -2.43. The number of nitrogens with zero attached hydrogens (tertiary/aromatic N) is 3. The summed E-state index contributed by atoms with van der Waals surface area (Å²) in [5.74, 6) is 0.539. The van der Waals surface area contributed by atoms with Crippen molar-refractivity contribution in [1.29, 1.82) is 0 Å². The van der Waals surface area contributed by atoms with Crippen molar-refractivity contribution in [1.82, 2.24) is 14.8 Å². The van der Waals surface area contributed by atoms with Gasteiger partial charge in [-0.3, -0.25) is 9.69 Å². The predicted octanol–water partition coefficient (Wildman–Crippen LogP) is 2.55. The van der Waals surface area contributed by atoms with Gasteiger partial charge in [0, 0.05) is 31.1 Å². The number of hydrogen-bond acceptors (Lipinski definition) is 4. The lowest BCUT2D eigenvalue weighted by molar-refractivity contribution is 0.0368. The molecule has 2 saturated heterocycles. The fourth-order valence-electron chi connectivity index (χ4n) is 3.93. The third kappa shape index (κ3) is 2.73. The molecule has 2 aliphatic rings. The highest BCUT2D eigenvalue weighted by Gasteiger charge is 2.32. The van der Waals surface area contributed by atoms with Gasteiger partial charge < -0.3 is 9.64 Å². The summed E-state index contributed by atoms with van der Waals surface area (Å²) in [7, 11) is 1.60. The summed E-state index contributed by atoms with van der Waals surface area (Å²) in [5, 5.41) is 1.93. The van der Waals surface area contributed by atoms with E-state index in [1.807, 2.05) is 35.2 Å². The molecule has 1 atom stereocenters. The van der Waals surface area contributed by atoms with Crippen LogP contribution < -0.4 is 4.74 Å². The van der Waals surface area contributed by atoms with Crippen LogP contribution in [-0.4, -0.2) is 60.0 Å². The minimum Gasteiger partial charge on any atom is -0.481 e. The number of aromatic nitrogens is 1. The van der Waals surface area contributed by atoms with Gasteiger partial charge in [-0.05, 0) is 36.9 Å². The van der Waals surface area contributed by atoms with Crippen LogP contribution in [0, 0.1) is 0 Å². The lowest BCUT2D eigenvalue weighted by atomic mass is 9.99. The molecule has 5 nitrogen and oxygen atoms in total. The van der Waals surface area contributed by atoms with Crippen LogP contribution in [-0.2, 0) is 0 Å². The molecule has 126 valence electrons. The number of fused-ring (bicyclic) bond motifs is 2. The molecular weight excluding hydrogens is 302 g/mol. The second-order valence-corrected chi connectivity index (χ2v) is 6.67. The van der Waals surface area contributed by atoms with Crippen LogP contribution in [0.15, 0.2) is 30.3 Å². The molecule has 0 saturated carbocycles. The maximum Gasteiger partial charge on any atom is 0.272 e. The second-order valence-electron chi connectivity index (χ2n) is 6.67. The highest BCUT2D eigenvalue weighted by molar-refractivity contribution is 5.98. The zero-order chi connectivity index (χ0) is 16.5. The Labute approximate surface area is 142 Å². The van der Waals surface area contributed by atoms with Gasteiger partial charge in [0.15, 0.2) is 0 Å². The highest BCUT2D eigenvalue weighted by Crippen LogP contribution is 2.26. The Morgan fingerprint density at radius 3 is 2.96 bits per heavy atom. The number of amides is 1. The summed E-state index contributed by atoms with van der Waals surface area (Å²) in [4.78, 5) is 21.9. The van der Waals surface area contributed by atoms with Crippen molar-refractivity contribution in [2.45, 2.75) is 25.3 Å². The van der Waals surface area contributed by atoms with E-state index in [-0.39, 0.29) is 5.91 Å². The number of carbonyl (C=O) groups is 1. The van der Waals surface area contributed by atoms with Crippen LogP contribution in [0.4, 0.5) is 0 Å². The third-order valence-electron chi connectivity index (χ3n) is 5.24. The number of hydrogen-bond donors (Lipinski definition) is 0. The van der Waals surface area contributed by atoms with E-state index in [9.17, 15) is 4.79 Å². The van der Waals surface area contributed by atoms with Gasteiger partial charge in [-0.25, -0.2) is 4.98 Å². The van der Waals surface area contributed by atoms with Crippen LogP contribution in [0.25, 0.3) is 10.8 Å². The Kier molecular flexibility index (Phi) is 4.10. The molecular formula is C19H23N3O2. The molecule has 2 fully saturated rings. The molecule has 0 N–H and O–H groups in total. The standard InChI is InChI=1S/C19H23N3O2/c1-24-18-16-8-3-2-6-14(16)12-17(20-18)19(23)22-11-10-21-9-5-4-7-15(21)13-22/h2-3,6,8,12,15H,4-5,7,9-11,13H2,1H3/t15-/m1/s1. The molecule has 5 heteroatoms. The zero-order valence-corrected chi connectivity index (χ0v) is 14.1. The van der Waals surface area contributed by atoms with E-state index in [2.05, 4.69) is 9.88 Å². The number of rotatable bonds is 2. The first-order valence-electron chi connectivity index (χ1n) is 8.73. The molecule has 2 aliphatic heterocycles. The predicted molar refractivity (Wildman–Crippen MR) is 93.4 cm³/mol. The summed E-state index contributed by atoms with van der Waals surface area (Å²) in [6.45, 7) is 3.75. The smallest absolute Gasteiger partial charge is 0.272 e. The van der Waals surface area contributed by atoms with E-state index in [0.29, 0.717) is 17.6 Å². The van der Waals surface area contributed by atoms with Crippen LogP contribution >= 0.6 is 0 Å². The molecule has 0 aliphatic carbocycles. The van der Waals surface area contributed by atoms with Gasteiger partial charge in [0.05, 0.1) is 7.11 Å².